The van der Waals surface area contributed by atoms with E-state index in [0.717, 1.165) is 25.7 Å². The lowest BCUT2D eigenvalue weighted by Gasteiger charge is -2.22. The number of fused-ring (bicyclic) bond motifs is 4. The van der Waals surface area contributed by atoms with Gasteiger partial charge in [-0.25, -0.2) is 0 Å². The number of carbonyl (C=O) groups excluding carboxylic acids is 1. The van der Waals surface area contributed by atoms with Crippen LogP contribution in [0.25, 0.3) is 0 Å². The van der Waals surface area contributed by atoms with E-state index in [-0.39, 0.29) is 18.0 Å². The Bertz CT molecular complexity index is 176. The van der Waals surface area contributed by atoms with Crippen LogP contribution in [0.5, 0.6) is 0 Å². The molecule has 0 N–H and O–H groups in total. The van der Waals surface area contributed by atoms with Crippen LogP contribution >= 0.6 is 0 Å². The Morgan fingerprint density at radius 1 is 1.36 bits per heavy atom. The Labute approximate surface area is 66.9 Å². The standard InChI is InChI=1S/C9H14O2/c1-6-4-7-2-3-8(5-6)11-9(7)10/h6-8H,2-5H2,1H3. The van der Waals surface area contributed by atoms with Crippen molar-refractivity contribution in [2.24, 2.45) is 11.8 Å². The molecule has 2 aliphatic heterocycles. The first-order valence-corrected chi connectivity index (χ1v) is 4.46. The highest BCUT2D eigenvalue weighted by Crippen LogP contribution is 2.34. The fourth-order valence-electron chi connectivity index (χ4n) is 2.24. The van der Waals surface area contributed by atoms with Crippen molar-refractivity contribution in [3.05, 3.63) is 0 Å². The predicted molar refractivity (Wildman–Crippen MR) is 41.0 cm³/mol. The second kappa shape index (κ2) is 2.50. The van der Waals surface area contributed by atoms with Crippen LogP contribution in [-0.4, -0.2) is 12.1 Å². The average molecular weight is 154 g/mol. The zero-order valence-corrected chi connectivity index (χ0v) is 6.88. The lowest BCUT2D eigenvalue weighted by molar-refractivity contribution is -0.158. The normalized spacial score (nSPS) is 43.4. The molecule has 3 fully saturated rings. The first kappa shape index (κ1) is 7.14. The number of esters is 1. The summed E-state index contributed by atoms with van der Waals surface area (Å²) in [6.07, 6.45) is 4.54. The van der Waals surface area contributed by atoms with Gasteiger partial charge in [-0.2, -0.15) is 0 Å². The molecule has 1 aliphatic carbocycles. The first-order chi connectivity index (χ1) is 5.25. The smallest absolute Gasteiger partial charge is 0.309 e. The molecule has 0 aromatic heterocycles. The van der Waals surface area contributed by atoms with E-state index in [2.05, 4.69) is 6.92 Å². The van der Waals surface area contributed by atoms with Crippen LogP contribution in [-0.2, 0) is 9.53 Å². The maximum Gasteiger partial charge on any atom is 0.309 e. The summed E-state index contributed by atoms with van der Waals surface area (Å²) in [4.78, 5) is 11.2. The van der Waals surface area contributed by atoms with Gasteiger partial charge in [-0.05, 0) is 31.6 Å². The van der Waals surface area contributed by atoms with Gasteiger partial charge in [0.2, 0.25) is 0 Å². The van der Waals surface area contributed by atoms with Crippen molar-refractivity contribution in [3.8, 4) is 0 Å². The maximum absolute atomic E-state index is 11.2. The number of ether oxygens (including phenoxy) is 1. The van der Waals surface area contributed by atoms with Gasteiger partial charge < -0.3 is 4.74 Å². The van der Waals surface area contributed by atoms with Gasteiger partial charge in [-0.3, -0.25) is 4.79 Å². The SMILES string of the molecule is CC1CC2CCC(C1)C(=O)O2. The highest BCUT2D eigenvalue weighted by Gasteiger charge is 2.35. The van der Waals surface area contributed by atoms with Crippen molar-refractivity contribution in [3.63, 3.8) is 0 Å². The lowest BCUT2D eigenvalue weighted by Crippen LogP contribution is -2.27. The number of rotatable bonds is 0. The van der Waals surface area contributed by atoms with E-state index in [1.165, 1.54) is 0 Å². The van der Waals surface area contributed by atoms with Crippen molar-refractivity contribution < 1.29 is 9.53 Å². The van der Waals surface area contributed by atoms with Gasteiger partial charge in [0.1, 0.15) is 6.10 Å². The van der Waals surface area contributed by atoms with Gasteiger partial charge in [-0.15, -0.1) is 0 Å². The third-order valence-electron chi connectivity index (χ3n) is 2.81. The van der Waals surface area contributed by atoms with Crippen molar-refractivity contribution in [2.75, 3.05) is 0 Å². The van der Waals surface area contributed by atoms with Crippen LogP contribution in [0.3, 0.4) is 0 Å². The molecule has 2 heterocycles. The van der Waals surface area contributed by atoms with E-state index in [4.69, 9.17) is 4.74 Å². The molecule has 2 saturated heterocycles. The van der Waals surface area contributed by atoms with Crippen LogP contribution in [0.15, 0.2) is 0 Å². The Balaban J connectivity index is 2.16. The largest absolute Gasteiger partial charge is 0.462 e. The van der Waals surface area contributed by atoms with E-state index < -0.39 is 0 Å². The van der Waals surface area contributed by atoms with Crippen LogP contribution in [0.4, 0.5) is 0 Å². The van der Waals surface area contributed by atoms with Crippen molar-refractivity contribution in [2.45, 2.75) is 38.7 Å². The molecule has 2 heteroatoms. The summed E-state index contributed by atoms with van der Waals surface area (Å²) in [7, 11) is 0. The van der Waals surface area contributed by atoms with Gasteiger partial charge in [0.15, 0.2) is 0 Å². The minimum absolute atomic E-state index is 0.0607. The minimum Gasteiger partial charge on any atom is -0.462 e. The van der Waals surface area contributed by atoms with Gasteiger partial charge >= 0.3 is 5.97 Å². The second-order valence-electron chi connectivity index (χ2n) is 3.91. The predicted octanol–water partition coefficient (Wildman–Crippen LogP) is 1.74. The molecule has 0 amide bonds. The van der Waals surface area contributed by atoms with E-state index >= 15 is 0 Å². The molecule has 1 saturated carbocycles. The van der Waals surface area contributed by atoms with Gasteiger partial charge in [-0.1, -0.05) is 6.92 Å². The molecule has 0 aromatic carbocycles. The lowest BCUT2D eigenvalue weighted by atomic mass is 9.95. The Kier molecular flexibility index (Phi) is 1.63. The molecular formula is C9H14O2. The molecule has 2 bridgehead atoms. The van der Waals surface area contributed by atoms with E-state index in [1.807, 2.05) is 0 Å². The first-order valence-electron chi connectivity index (χ1n) is 4.46. The second-order valence-corrected chi connectivity index (χ2v) is 3.91. The zero-order chi connectivity index (χ0) is 7.84. The molecule has 3 aliphatic rings. The Hall–Kier alpha value is -0.530. The molecular weight excluding hydrogens is 140 g/mol. The molecule has 3 rings (SSSR count). The van der Waals surface area contributed by atoms with Gasteiger partial charge in [0, 0.05) is 0 Å². The summed E-state index contributed by atoms with van der Waals surface area (Å²) in [5.74, 6) is 0.966. The summed E-state index contributed by atoms with van der Waals surface area (Å²) in [6, 6.07) is 0. The topological polar surface area (TPSA) is 26.3 Å². The van der Waals surface area contributed by atoms with Crippen LogP contribution in [0.1, 0.15) is 32.6 Å². The zero-order valence-electron chi connectivity index (χ0n) is 6.88. The highest BCUT2D eigenvalue weighted by atomic mass is 16.5. The van der Waals surface area contributed by atoms with Crippen molar-refractivity contribution in [1.29, 1.82) is 0 Å². The molecule has 0 aromatic rings. The molecule has 0 radical (unpaired) electrons. The summed E-state index contributed by atoms with van der Waals surface area (Å²) >= 11 is 0. The third kappa shape index (κ3) is 1.26. The van der Waals surface area contributed by atoms with E-state index in [1.54, 1.807) is 0 Å². The van der Waals surface area contributed by atoms with Gasteiger partial charge in [0.05, 0.1) is 5.92 Å². The van der Waals surface area contributed by atoms with Crippen molar-refractivity contribution >= 4 is 5.97 Å². The highest BCUT2D eigenvalue weighted by molar-refractivity contribution is 5.73. The summed E-state index contributed by atoms with van der Waals surface area (Å²) in [5, 5.41) is 0. The fraction of sp³-hybridized carbons (Fsp3) is 0.889. The monoisotopic (exact) mass is 154 g/mol. The minimum atomic E-state index is 0.0607. The summed E-state index contributed by atoms with van der Waals surface area (Å²) in [6.45, 7) is 2.22. The summed E-state index contributed by atoms with van der Waals surface area (Å²) < 4.78 is 5.24. The van der Waals surface area contributed by atoms with Gasteiger partial charge in [0.25, 0.3) is 0 Å². The molecule has 2 nitrogen and oxygen atoms in total. The van der Waals surface area contributed by atoms with Crippen molar-refractivity contribution in [1.82, 2.24) is 0 Å². The average Bonchev–Trinajstić information content (AvgIpc) is 2.16. The van der Waals surface area contributed by atoms with Crippen LogP contribution in [0, 0.1) is 11.8 Å². The number of hydrogen-bond donors (Lipinski definition) is 0. The number of hydrogen-bond acceptors (Lipinski definition) is 2. The molecule has 3 unspecified atom stereocenters. The Morgan fingerprint density at radius 2 is 2.18 bits per heavy atom. The molecule has 62 valence electrons. The quantitative estimate of drug-likeness (QED) is 0.497. The summed E-state index contributed by atoms with van der Waals surface area (Å²) in [5.41, 5.74) is 0. The van der Waals surface area contributed by atoms with Crippen LogP contribution < -0.4 is 0 Å². The maximum atomic E-state index is 11.2. The van der Waals surface area contributed by atoms with E-state index in [0.29, 0.717) is 5.92 Å². The molecule has 11 heavy (non-hydrogen) atoms. The fourth-order valence-corrected chi connectivity index (χ4v) is 2.24. The Morgan fingerprint density at radius 3 is 2.91 bits per heavy atom. The number of carbonyl (C=O) groups is 1. The van der Waals surface area contributed by atoms with Crippen LogP contribution in [0.2, 0.25) is 0 Å². The third-order valence-corrected chi connectivity index (χ3v) is 2.81. The molecule has 0 spiro atoms. The van der Waals surface area contributed by atoms with E-state index in [9.17, 15) is 4.79 Å². The molecule has 3 atom stereocenters.